The lowest BCUT2D eigenvalue weighted by atomic mass is 9.94. The van der Waals surface area contributed by atoms with Gasteiger partial charge in [-0.15, -0.1) is 0 Å². The highest BCUT2D eigenvalue weighted by Crippen LogP contribution is 2.44. The number of ether oxygens (including phenoxy) is 1. The summed E-state index contributed by atoms with van der Waals surface area (Å²) in [5, 5.41) is 13.9. The molecule has 0 heterocycles. The van der Waals surface area contributed by atoms with Crippen LogP contribution in [-0.2, 0) is 11.2 Å². The summed E-state index contributed by atoms with van der Waals surface area (Å²) in [7, 11) is 0. The summed E-state index contributed by atoms with van der Waals surface area (Å²) < 4.78 is 6.18. The maximum absolute atomic E-state index is 11.2. The zero-order valence-electron chi connectivity index (χ0n) is 18.2. The second kappa shape index (κ2) is 9.73. The van der Waals surface area contributed by atoms with E-state index in [4.69, 9.17) is 10.5 Å². The lowest BCUT2D eigenvalue weighted by Crippen LogP contribution is -2.46. The van der Waals surface area contributed by atoms with E-state index in [0.29, 0.717) is 24.6 Å². The van der Waals surface area contributed by atoms with Crippen LogP contribution in [-0.4, -0.2) is 35.8 Å². The van der Waals surface area contributed by atoms with Gasteiger partial charge in [0.1, 0.15) is 0 Å². The third-order valence-corrected chi connectivity index (χ3v) is 5.71. The summed E-state index contributed by atoms with van der Waals surface area (Å²) in [5.41, 5.74) is 9.19. The molecule has 1 aliphatic rings. The van der Waals surface area contributed by atoms with Crippen LogP contribution in [0.4, 0.5) is 0 Å². The van der Waals surface area contributed by atoms with Crippen molar-refractivity contribution in [1.29, 1.82) is 0 Å². The fourth-order valence-electron chi connectivity index (χ4n) is 3.81. The fourth-order valence-corrected chi connectivity index (χ4v) is 3.81. The minimum Gasteiger partial charge on any atom is -0.389 e. The number of carbonyl (C=O) groups is 1. The second-order valence-electron chi connectivity index (χ2n) is 9.10. The van der Waals surface area contributed by atoms with Gasteiger partial charge in [0.05, 0.1) is 18.8 Å². The van der Waals surface area contributed by atoms with Crippen LogP contribution in [0.2, 0.25) is 0 Å². The molecule has 2 atom stereocenters. The number of carbonyl (C=O) groups excluding carboxylic acids is 1. The Morgan fingerprint density at radius 2 is 1.87 bits per heavy atom. The van der Waals surface area contributed by atoms with Crippen LogP contribution in [0, 0.1) is 12.8 Å². The molecule has 162 valence electrons. The molecule has 1 aliphatic carbocycles. The molecule has 1 saturated carbocycles. The van der Waals surface area contributed by atoms with Gasteiger partial charge in [0.15, 0.2) is 0 Å². The number of aryl methyl sites for hydroxylation is 1. The van der Waals surface area contributed by atoms with Gasteiger partial charge in [-0.3, -0.25) is 4.79 Å². The van der Waals surface area contributed by atoms with E-state index in [1.165, 1.54) is 24.0 Å². The quantitative estimate of drug-likeness (QED) is 0.529. The van der Waals surface area contributed by atoms with E-state index < -0.39 is 12.0 Å². The molecule has 0 spiro atoms. The largest absolute Gasteiger partial charge is 0.389 e. The fraction of sp³-hybridized carbons (Fsp3) is 0.480. The van der Waals surface area contributed by atoms with Gasteiger partial charge in [0.2, 0.25) is 5.91 Å². The third-order valence-electron chi connectivity index (χ3n) is 5.71. The summed E-state index contributed by atoms with van der Waals surface area (Å²) >= 11 is 0. The number of benzene rings is 2. The highest BCUT2D eigenvalue weighted by atomic mass is 16.5. The van der Waals surface area contributed by atoms with Crippen LogP contribution in [0.1, 0.15) is 59.8 Å². The topological polar surface area (TPSA) is 84.6 Å². The lowest BCUT2D eigenvalue weighted by molar-refractivity contribution is -0.0213. The van der Waals surface area contributed by atoms with Gasteiger partial charge < -0.3 is 20.9 Å². The predicted molar refractivity (Wildman–Crippen MR) is 119 cm³/mol. The normalized spacial score (nSPS) is 16.3. The number of aliphatic hydroxyl groups excluding tert-OH is 1. The molecule has 5 nitrogen and oxygen atoms in total. The molecule has 0 radical (unpaired) electrons. The van der Waals surface area contributed by atoms with Crippen molar-refractivity contribution in [2.24, 2.45) is 11.7 Å². The van der Waals surface area contributed by atoms with Crippen molar-refractivity contribution >= 4 is 5.91 Å². The zero-order valence-corrected chi connectivity index (χ0v) is 18.2. The van der Waals surface area contributed by atoms with Crippen molar-refractivity contribution < 1.29 is 14.6 Å². The molecular formula is C25H34N2O3. The van der Waals surface area contributed by atoms with E-state index in [0.717, 1.165) is 12.0 Å². The van der Waals surface area contributed by atoms with E-state index in [9.17, 15) is 9.90 Å². The van der Waals surface area contributed by atoms with Crippen LogP contribution in [0.3, 0.4) is 0 Å². The smallest absolute Gasteiger partial charge is 0.248 e. The molecule has 2 aromatic rings. The monoisotopic (exact) mass is 410 g/mol. The molecule has 0 saturated heterocycles. The number of hydrogen-bond donors (Lipinski definition) is 3. The Balaban J connectivity index is 1.48. The van der Waals surface area contributed by atoms with E-state index in [1.54, 1.807) is 12.1 Å². The Hall–Kier alpha value is -2.21. The van der Waals surface area contributed by atoms with Gasteiger partial charge in [-0.05, 0) is 74.8 Å². The first-order valence-electron chi connectivity index (χ1n) is 10.7. The Morgan fingerprint density at radius 1 is 1.20 bits per heavy atom. The molecule has 3 rings (SSSR count). The zero-order chi connectivity index (χ0) is 21.7. The van der Waals surface area contributed by atoms with Gasteiger partial charge in [-0.25, -0.2) is 0 Å². The molecule has 30 heavy (non-hydrogen) atoms. The summed E-state index contributed by atoms with van der Waals surface area (Å²) in [6, 6.07) is 15.7. The van der Waals surface area contributed by atoms with E-state index in [-0.39, 0.29) is 11.6 Å². The van der Waals surface area contributed by atoms with Crippen molar-refractivity contribution in [2.75, 3.05) is 13.2 Å². The first kappa shape index (κ1) is 22.5. The third kappa shape index (κ3) is 6.39. The predicted octanol–water partition coefficient (Wildman–Crippen LogP) is 3.53. The Labute approximate surface area is 179 Å². The molecule has 5 heteroatoms. The van der Waals surface area contributed by atoms with Gasteiger partial charge >= 0.3 is 0 Å². The average molecular weight is 411 g/mol. The molecule has 1 amide bonds. The molecule has 0 aromatic heterocycles. The standard InChI is InChI=1S/C25H34N2O3/c1-17-6-4-5-7-22(17)23(19-12-13-19)30-16-21(28)15-27-25(2,3)14-18-8-10-20(11-9-18)24(26)29/h4-11,19,21,23,27-28H,12-16H2,1-3H3,(H2,26,29). The van der Waals surface area contributed by atoms with Gasteiger partial charge in [-0.2, -0.15) is 0 Å². The highest BCUT2D eigenvalue weighted by Gasteiger charge is 2.34. The molecule has 0 aliphatic heterocycles. The number of rotatable bonds is 11. The molecule has 0 bridgehead atoms. The van der Waals surface area contributed by atoms with Crippen LogP contribution >= 0.6 is 0 Å². The summed E-state index contributed by atoms with van der Waals surface area (Å²) in [6.45, 7) is 7.08. The number of amides is 1. The molecular weight excluding hydrogens is 376 g/mol. The minimum absolute atomic E-state index is 0.0673. The maximum Gasteiger partial charge on any atom is 0.248 e. The number of aliphatic hydroxyl groups is 1. The average Bonchev–Trinajstić information content (AvgIpc) is 3.53. The summed E-state index contributed by atoms with van der Waals surface area (Å²) in [4.78, 5) is 11.2. The maximum atomic E-state index is 11.2. The molecule has 1 fully saturated rings. The molecule has 4 N–H and O–H groups in total. The van der Waals surface area contributed by atoms with E-state index >= 15 is 0 Å². The second-order valence-corrected chi connectivity index (χ2v) is 9.10. The molecule has 2 unspecified atom stereocenters. The Morgan fingerprint density at radius 3 is 2.47 bits per heavy atom. The van der Waals surface area contributed by atoms with Crippen molar-refractivity contribution in [2.45, 2.75) is 57.8 Å². The SMILES string of the molecule is Cc1ccccc1C(OCC(O)CNC(C)(C)Cc1ccc(C(N)=O)cc1)C1CC1. The van der Waals surface area contributed by atoms with Crippen molar-refractivity contribution in [3.05, 3.63) is 70.8 Å². The van der Waals surface area contributed by atoms with E-state index in [1.807, 2.05) is 18.2 Å². The Bertz CT molecular complexity index is 844. The number of primary amides is 1. The van der Waals surface area contributed by atoms with E-state index in [2.05, 4.69) is 44.3 Å². The summed E-state index contributed by atoms with van der Waals surface area (Å²) in [5.74, 6) is 0.142. The highest BCUT2D eigenvalue weighted by molar-refractivity contribution is 5.92. The number of hydrogen-bond acceptors (Lipinski definition) is 4. The van der Waals surface area contributed by atoms with Crippen LogP contribution in [0.15, 0.2) is 48.5 Å². The first-order chi connectivity index (χ1) is 14.2. The van der Waals surface area contributed by atoms with Crippen LogP contribution in [0.25, 0.3) is 0 Å². The van der Waals surface area contributed by atoms with Gasteiger partial charge in [-0.1, -0.05) is 36.4 Å². The van der Waals surface area contributed by atoms with Crippen molar-refractivity contribution in [3.8, 4) is 0 Å². The molecule has 2 aromatic carbocycles. The Kier molecular flexibility index (Phi) is 7.29. The van der Waals surface area contributed by atoms with Crippen LogP contribution in [0.5, 0.6) is 0 Å². The number of nitrogens with one attached hydrogen (secondary N) is 1. The minimum atomic E-state index is -0.577. The summed E-state index contributed by atoms with van der Waals surface area (Å²) in [6.07, 6.45) is 2.64. The lowest BCUT2D eigenvalue weighted by Gasteiger charge is -2.29. The van der Waals surface area contributed by atoms with Crippen molar-refractivity contribution in [1.82, 2.24) is 5.32 Å². The number of nitrogens with two attached hydrogens (primary N) is 1. The van der Waals surface area contributed by atoms with Gasteiger partial charge in [0, 0.05) is 17.6 Å². The first-order valence-corrected chi connectivity index (χ1v) is 10.7. The van der Waals surface area contributed by atoms with Gasteiger partial charge in [0.25, 0.3) is 0 Å². The van der Waals surface area contributed by atoms with Crippen molar-refractivity contribution in [3.63, 3.8) is 0 Å². The van der Waals surface area contributed by atoms with Crippen LogP contribution < -0.4 is 11.1 Å². The number of β-amino-alcohol motifs (C(OH)–C–C–N with tert-alkyl or cyclic N) is 1.